The molecule has 0 N–H and O–H groups in total. The highest BCUT2D eigenvalue weighted by molar-refractivity contribution is 14.1. The number of hydrogen-bond donors (Lipinski definition) is 0. The molecular formula is C33H29BrIN3O7S. The van der Waals surface area contributed by atoms with Crippen LogP contribution in [0.15, 0.2) is 80.1 Å². The van der Waals surface area contributed by atoms with Gasteiger partial charge in [-0.1, -0.05) is 51.5 Å². The van der Waals surface area contributed by atoms with E-state index in [0.29, 0.717) is 56.4 Å². The highest BCUT2D eigenvalue weighted by Gasteiger charge is 2.34. The van der Waals surface area contributed by atoms with Gasteiger partial charge in [0.05, 0.1) is 43.6 Å². The predicted octanol–water partition coefficient (Wildman–Crippen LogP) is 6.36. The van der Waals surface area contributed by atoms with Crippen molar-refractivity contribution in [3.8, 4) is 11.5 Å². The monoisotopic (exact) mass is 817 g/mol. The van der Waals surface area contributed by atoms with Crippen molar-refractivity contribution in [3.05, 3.63) is 126 Å². The average Bonchev–Trinajstić information content (AvgIpc) is 3.31. The van der Waals surface area contributed by atoms with E-state index in [0.717, 1.165) is 13.6 Å². The van der Waals surface area contributed by atoms with E-state index >= 15 is 0 Å². The third-order valence-electron chi connectivity index (χ3n) is 7.19. The quantitative estimate of drug-likeness (QED) is 0.0791. The number of nitrogens with zero attached hydrogens (tertiary/aromatic N) is 3. The Morgan fingerprint density at radius 2 is 1.85 bits per heavy atom. The topological polar surface area (TPSA) is 122 Å². The number of thiazole rings is 1. The molecule has 0 amide bonds. The van der Waals surface area contributed by atoms with Crippen LogP contribution in [-0.2, 0) is 16.1 Å². The molecule has 1 aliphatic rings. The lowest BCUT2D eigenvalue weighted by molar-refractivity contribution is -0.385. The Labute approximate surface area is 290 Å². The molecule has 1 atom stereocenters. The van der Waals surface area contributed by atoms with Gasteiger partial charge in [-0.2, -0.15) is 0 Å². The standard InChI is InChI=1S/C33H29BrIN3O7S/c1-5-43-26-14-21(13-24(35)30(26)45-17-20-8-11-23(34)12-9-20)15-27-31(39)37-29(22-10-7-18(3)25(16-22)38(41)42)28(32(40)44-6-2)19(4)36-33(37)46-27/h7-16,29H,5-6,17H2,1-4H3/b27-15+/t29-/m1/s1. The Hall–Kier alpha value is -3.82. The summed E-state index contributed by atoms with van der Waals surface area (Å²) in [6, 6.07) is 15.3. The number of aromatic nitrogens is 1. The summed E-state index contributed by atoms with van der Waals surface area (Å²) in [5.74, 6) is 0.497. The van der Waals surface area contributed by atoms with Gasteiger partial charge >= 0.3 is 5.97 Å². The first-order chi connectivity index (χ1) is 22.0. The molecule has 0 bridgehead atoms. The molecule has 0 saturated carbocycles. The van der Waals surface area contributed by atoms with Crippen LogP contribution in [0.2, 0.25) is 0 Å². The number of carbonyl (C=O) groups is 1. The number of nitro benzene ring substituents is 1. The molecule has 46 heavy (non-hydrogen) atoms. The van der Waals surface area contributed by atoms with Crippen LogP contribution in [0.3, 0.4) is 0 Å². The van der Waals surface area contributed by atoms with Crippen molar-refractivity contribution < 1.29 is 23.9 Å². The number of esters is 1. The van der Waals surface area contributed by atoms with Gasteiger partial charge in [-0.3, -0.25) is 19.5 Å². The molecule has 4 aromatic rings. The lowest BCUT2D eigenvalue weighted by atomic mass is 9.94. The summed E-state index contributed by atoms with van der Waals surface area (Å²) in [4.78, 5) is 43.6. The van der Waals surface area contributed by atoms with Crippen molar-refractivity contribution in [3.63, 3.8) is 0 Å². The average molecular weight is 818 g/mol. The number of benzene rings is 3. The Morgan fingerprint density at radius 3 is 2.52 bits per heavy atom. The van der Waals surface area contributed by atoms with Crippen LogP contribution in [-0.4, -0.2) is 28.7 Å². The Kier molecular flexibility index (Phi) is 10.4. The van der Waals surface area contributed by atoms with Crippen molar-refractivity contribution in [2.24, 2.45) is 4.99 Å². The van der Waals surface area contributed by atoms with Crippen LogP contribution in [0.25, 0.3) is 6.08 Å². The third kappa shape index (κ3) is 6.95. The Bertz CT molecular complexity index is 2050. The van der Waals surface area contributed by atoms with Gasteiger partial charge in [0.1, 0.15) is 6.61 Å². The molecule has 3 aromatic carbocycles. The van der Waals surface area contributed by atoms with Crippen molar-refractivity contribution in [1.82, 2.24) is 4.57 Å². The summed E-state index contributed by atoms with van der Waals surface area (Å²) in [6.07, 6.45) is 1.74. The van der Waals surface area contributed by atoms with Crippen molar-refractivity contribution in [2.75, 3.05) is 13.2 Å². The maximum atomic E-state index is 14.1. The molecule has 10 nitrogen and oxygen atoms in total. The van der Waals surface area contributed by atoms with E-state index < -0.39 is 22.5 Å². The SMILES string of the molecule is CCOC(=O)C1=C(C)N=c2s/c(=C/c3cc(I)c(OCc4ccc(Br)cc4)c(OCC)c3)c(=O)n2[C@@H]1c1ccc(C)c([N+](=O)[O-])c1. The molecule has 1 aromatic heterocycles. The van der Waals surface area contributed by atoms with Crippen molar-refractivity contribution in [1.29, 1.82) is 0 Å². The lowest BCUT2D eigenvalue weighted by Crippen LogP contribution is -2.40. The summed E-state index contributed by atoms with van der Waals surface area (Å²) in [7, 11) is 0. The van der Waals surface area contributed by atoms with Crippen molar-refractivity contribution >= 4 is 67.6 Å². The molecule has 2 heterocycles. The van der Waals surface area contributed by atoms with Gasteiger partial charge in [0.15, 0.2) is 16.3 Å². The number of nitro groups is 1. The van der Waals surface area contributed by atoms with E-state index in [4.69, 9.17) is 14.2 Å². The van der Waals surface area contributed by atoms with E-state index in [1.807, 2.05) is 43.3 Å². The van der Waals surface area contributed by atoms with Crippen LogP contribution >= 0.6 is 49.9 Å². The smallest absolute Gasteiger partial charge is 0.338 e. The summed E-state index contributed by atoms with van der Waals surface area (Å²) in [5, 5.41) is 11.8. The maximum absolute atomic E-state index is 14.1. The molecule has 1 aliphatic heterocycles. The predicted molar refractivity (Wildman–Crippen MR) is 187 cm³/mol. The number of carbonyl (C=O) groups excluding carboxylic acids is 1. The number of fused-ring (bicyclic) bond motifs is 1. The number of halogens is 2. The fourth-order valence-electron chi connectivity index (χ4n) is 5.06. The number of hydrogen-bond acceptors (Lipinski definition) is 9. The Balaban J connectivity index is 1.61. The van der Waals surface area contributed by atoms with Gasteiger partial charge in [0, 0.05) is 16.1 Å². The van der Waals surface area contributed by atoms with E-state index in [9.17, 15) is 19.7 Å². The molecule has 0 spiro atoms. The second-order valence-electron chi connectivity index (χ2n) is 10.3. The summed E-state index contributed by atoms with van der Waals surface area (Å²) in [6.45, 7) is 7.75. The fourth-order valence-corrected chi connectivity index (χ4v) is 7.15. The first kappa shape index (κ1) is 33.5. The van der Waals surface area contributed by atoms with Crippen LogP contribution in [0.4, 0.5) is 5.69 Å². The van der Waals surface area contributed by atoms with Crippen LogP contribution in [0.1, 0.15) is 49.1 Å². The molecular weight excluding hydrogens is 789 g/mol. The molecule has 0 fully saturated rings. The van der Waals surface area contributed by atoms with Gasteiger partial charge in [-0.25, -0.2) is 9.79 Å². The number of ether oxygens (including phenoxy) is 3. The summed E-state index contributed by atoms with van der Waals surface area (Å²) >= 11 is 6.80. The zero-order chi connectivity index (χ0) is 33.1. The van der Waals surface area contributed by atoms with Crippen LogP contribution < -0.4 is 24.4 Å². The molecule has 0 aliphatic carbocycles. The van der Waals surface area contributed by atoms with Gasteiger partial charge in [0.2, 0.25) is 0 Å². The number of allylic oxidation sites excluding steroid dienone is 1. The lowest BCUT2D eigenvalue weighted by Gasteiger charge is -2.24. The second-order valence-corrected chi connectivity index (χ2v) is 13.4. The highest BCUT2D eigenvalue weighted by Crippen LogP contribution is 2.36. The summed E-state index contributed by atoms with van der Waals surface area (Å²) < 4.78 is 21.0. The Morgan fingerprint density at radius 1 is 1.11 bits per heavy atom. The van der Waals surface area contributed by atoms with E-state index in [2.05, 4.69) is 43.5 Å². The van der Waals surface area contributed by atoms with Gasteiger partial charge in [0.25, 0.3) is 11.2 Å². The summed E-state index contributed by atoms with van der Waals surface area (Å²) in [5.41, 5.74) is 2.59. The van der Waals surface area contributed by atoms with Gasteiger partial charge in [-0.05, 0) is 97.3 Å². The molecule has 13 heteroatoms. The minimum Gasteiger partial charge on any atom is -0.490 e. The minimum atomic E-state index is -0.967. The number of rotatable bonds is 10. The first-order valence-electron chi connectivity index (χ1n) is 14.3. The van der Waals surface area contributed by atoms with E-state index in [-0.39, 0.29) is 17.9 Å². The molecule has 238 valence electrons. The van der Waals surface area contributed by atoms with Crippen LogP contribution in [0.5, 0.6) is 11.5 Å². The second kappa shape index (κ2) is 14.3. The largest absolute Gasteiger partial charge is 0.490 e. The van der Waals surface area contributed by atoms with Gasteiger partial charge < -0.3 is 14.2 Å². The first-order valence-corrected chi connectivity index (χ1v) is 17.0. The molecule has 5 rings (SSSR count). The minimum absolute atomic E-state index is 0.113. The third-order valence-corrected chi connectivity index (χ3v) is 9.50. The van der Waals surface area contributed by atoms with E-state index in [1.165, 1.54) is 22.0 Å². The normalized spacial score (nSPS) is 14.5. The highest BCUT2D eigenvalue weighted by atomic mass is 127. The van der Waals surface area contributed by atoms with E-state index in [1.54, 1.807) is 39.0 Å². The van der Waals surface area contributed by atoms with Gasteiger partial charge in [-0.15, -0.1) is 0 Å². The maximum Gasteiger partial charge on any atom is 0.338 e. The molecule has 0 radical (unpaired) electrons. The fraction of sp³-hybridized carbons (Fsp3) is 0.242. The van der Waals surface area contributed by atoms with Crippen LogP contribution in [0, 0.1) is 20.6 Å². The zero-order valence-electron chi connectivity index (χ0n) is 25.3. The zero-order valence-corrected chi connectivity index (χ0v) is 29.9. The number of aryl methyl sites for hydroxylation is 1. The molecule has 0 saturated heterocycles. The molecule has 0 unspecified atom stereocenters. The van der Waals surface area contributed by atoms with Crippen molar-refractivity contribution in [2.45, 2.75) is 40.3 Å².